The predicted octanol–water partition coefficient (Wildman–Crippen LogP) is 3.26. The zero-order chi connectivity index (χ0) is 19.5. The predicted molar refractivity (Wildman–Crippen MR) is 112 cm³/mol. The number of aromatic nitrogens is 4. The van der Waals surface area contributed by atoms with Crippen LogP contribution in [-0.2, 0) is 0 Å². The van der Waals surface area contributed by atoms with E-state index < -0.39 is 0 Å². The Bertz CT molecular complexity index is 950. The van der Waals surface area contributed by atoms with Crippen LogP contribution in [0.15, 0.2) is 42.7 Å². The van der Waals surface area contributed by atoms with Gasteiger partial charge in [0.05, 0.1) is 0 Å². The zero-order valence-electron chi connectivity index (χ0n) is 16.6. The van der Waals surface area contributed by atoms with Crippen molar-refractivity contribution in [2.75, 3.05) is 41.3 Å². The maximum absolute atomic E-state index is 4.78. The third kappa shape index (κ3) is 3.88. The quantitative estimate of drug-likeness (QED) is 0.750. The molecule has 0 atom stereocenters. The molecule has 0 saturated carbocycles. The second-order valence-electron chi connectivity index (χ2n) is 7.09. The van der Waals surface area contributed by atoms with Crippen molar-refractivity contribution in [1.82, 2.24) is 19.9 Å². The maximum atomic E-state index is 4.78. The molecule has 0 bridgehead atoms. The second-order valence-corrected chi connectivity index (χ2v) is 7.09. The number of nitrogens with zero attached hydrogens (tertiary/aromatic N) is 6. The number of aryl methyl sites for hydroxylation is 2. The molecule has 7 heteroatoms. The lowest BCUT2D eigenvalue weighted by Crippen LogP contribution is -2.47. The fraction of sp³-hybridized carbons (Fsp3) is 0.333. The van der Waals surface area contributed by atoms with Gasteiger partial charge in [-0.3, -0.25) is 0 Å². The summed E-state index contributed by atoms with van der Waals surface area (Å²) in [5.41, 5.74) is 4.52. The Morgan fingerprint density at radius 2 is 1.50 bits per heavy atom. The number of piperazine rings is 1. The highest BCUT2D eigenvalue weighted by atomic mass is 15.4. The van der Waals surface area contributed by atoms with Gasteiger partial charge in [0.25, 0.3) is 0 Å². The van der Waals surface area contributed by atoms with E-state index in [2.05, 4.69) is 62.1 Å². The summed E-state index contributed by atoms with van der Waals surface area (Å²) in [6, 6.07) is 10.1. The van der Waals surface area contributed by atoms with Crippen molar-refractivity contribution in [2.24, 2.45) is 0 Å². The van der Waals surface area contributed by atoms with E-state index in [9.17, 15) is 0 Å². The van der Waals surface area contributed by atoms with Crippen LogP contribution >= 0.6 is 0 Å². The largest absolute Gasteiger partial charge is 0.340 e. The van der Waals surface area contributed by atoms with Crippen molar-refractivity contribution in [2.45, 2.75) is 20.8 Å². The highest BCUT2D eigenvalue weighted by molar-refractivity contribution is 5.63. The Balaban J connectivity index is 1.49. The van der Waals surface area contributed by atoms with E-state index in [0.717, 1.165) is 55.3 Å². The highest BCUT2D eigenvalue weighted by Gasteiger charge is 2.21. The van der Waals surface area contributed by atoms with E-state index in [-0.39, 0.29) is 0 Å². The minimum Gasteiger partial charge on any atom is -0.340 e. The Morgan fingerprint density at radius 1 is 0.821 bits per heavy atom. The van der Waals surface area contributed by atoms with Gasteiger partial charge in [-0.1, -0.05) is 12.1 Å². The summed E-state index contributed by atoms with van der Waals surface area (Å²) >= 11 is 0. The molecular formula is C21H25N7. The highest BCUT2D eigenvalue weighted by Crippen LogP contribution is 2.24. The molecule has 4 rings (SSSR count). The van der Waals surface area contributed by atoms with E-state index in [4.69, 9.17) is 4.98 Å². The minimum atomic E-state index is 0.765. The van der Waals surface area contributed by atoms with Crippen LogP contribution in [0.25, 0.3) is 0 Å². The molecule has 3 aromatic rings. The molecule has 1 aliphatic rings. The summed E-state index contributed by atoms with van der Waals surface area (Å²) in [6.07, 6.45) is 3.56. The number of benzene rings is 1. The van der Waals surface area contributed by atoms with Crippen molar-refractivity contribution in [1.29, 1.82) is 0 Å². The molecule has 0 amide bonds. The molecule has 1 N–H and O–H groups in total. The van der Waals surface area contributed by atoms with Crippen LogP contribution < -0.4 is 15.1 Å². The molecule has 2 aromatic heterocycles. The van der Waals surface area contributed by atoms with Gasteiger partial charge < -0.3 is 15.1 Å². The molecule has 1 saturated heterocycles. The van der Waals surface area contributed by atoms with Gasteiger partial charge in [0.2, 0.25) is 11.9 Å². The van der Waals surface area contributed by atoms with Crippen LogP contribution in [0.5, 0.6) is 0 Å². The summed E-state index contributed by atoms with van der Waals surface area (Å²) in [7, 11) is 0. The summed E-state index contributed by atoms with van der Waals surface area (Å²) in [5, 5.41) is 3.46. The van der Waals surface area contributed by atoms with Gasteiger partial charge in [0.1, 0.15) is 5.82 Å². The monoisotopic (exact) mass is 375 g/mol. The van der Waals surface area contributed by atoms with Gasteiger partial charge >= 0.3 is 0 Å². The molecule has 1 aromatic carbocycles. The van der Waals surface area contributed by atoms with E-state index in [1.165, 1.54) is 11.1 Å². The number of hydrogen-bond donors (Lipinski definition) is 1. The topological polar surface area (TPSA) is 70.1 Å². The van der Waals surface area contributed by atoms with E-state index >= 15 is 0 Å². The molecule has 3 heterocycles. The van der Waals surface area contributed by atoms with Crippen molar-refractivity contribution in [3.63, 3.8) is 0 Å². The Hall–Kier alpha value is -3.22. The third-order valence-electron chi connectivity index (χ3n) is 5.11. The molecule has 0 radical (unpaired) electrons. The molecule has 0 aliphatic carbocycles. The van der Waals surface area contributed by atoms with E-state index in [1.807, 2.05) is 19.1 Å². The normalized spacial score (nSPS) is 14.2. The van der Waals surface area contributed by atoms with Crippen molar-refractivity contribution < 1.29 is 0 Å². The second kappa shape index (κ2) is 7.80. The van der Waals surface area contributed by atoms with Crippen molar-refractivity contribution >= 4 is 23.4 Å². The molecule has 1 aliphatic heterocycles. The van der Waals surface area contributed by atoms with Gasteiger partial charge in [-0.15, -0.1) is 0 Å². The van der Waals surface area contributed by atoms with Crippen LogP contribution in [0, 0.1) is 20.8 Å². The lowest BCUT2D eigenvalue weighted by Gasteiger charge is -2.34. The Morgan fingerprint density at radius 3 is 2.21 bits per heavy atom. The van der Waals surface area contributed by atoms with Crippen LogP contribution in [0.1, 0.15) is 16.8 Å². The lowest BCUT2D eigenvalue weighted by atomic mass is 10.1. The van der Waals surface area contributed by atoms with Crippen LogP contribution in [0.2, 0.25) is 0 Å². The van der Waals surface area contributed by atoms with Gasteiger partial charge in [-0.25, -0.2) is 15.0 Å². The van der Waals surface area contributed by atoms with Crippen molar-refractivity contribution in [3.8, 4) is 0 Å². The molecule has 28 heavy (non-hydrogen) atoms. The van der Waals surface area contributed by atoms with E-state index in [0.29, 0.717) is 0 Å². The third-order valence-corrected chi connectivity index (χ3v) is 5.11. The minimum absolute atomic E-state index is 0.765. The fourth-order valence-electron chi connectivity index (χ4n) is 3.34. The number of anilines is 4. The zero-order valence-corrected chi connectivity index (χ0v) is 16.6. The smallest absolute Gasteiger partial charge is 0.227 e. The van der Waals surface area contributed by atoms with Gasteiger partial charge in [-0.2, -0.15) is 4.98 Å². The molecular weight excluding hydrogens is 350 g/mol. The van der Waals surface area contributed by atoms with Gasteiger partial charge in [0.15, 0.2) is 0 Å². The summed E-state index contributed by atoms with van der Waals surface area (Å²) in [6.45, 7) is 9.62. The Kier molecular flexibility index (Phi) is 5.06. The molecule has 1 fully saturated rings. The maximum Gasteiger partial charge on any atom is 0.227 e. The average Bonchev–Trinajstić information content (AvgIpc) is 2.72. The number of nitrogens with one attached hydrogen (secondary N) is 1. The molecule has 0 spiro atoms. The fourth-order valence-corrected chi connectivity index (χ4v) is 3.34. The SMILES string of the molecule is Cc1cc(Nc2cccc(C)c2C)nc(N2CCN(c3ncccn3)CC2)n1. The number of rotatable bonds is 4. The first kappa shape index (κ1) is 18.2. The van der Waals surface area contributed by atoms with Gasteiger partial charge in [0, 0.05) is 56.0 Å². The first-order chi connectivity index (χ1) is 13.6. The van der Waals surface area contributed by atoms with Crippen LogP contribution in [0.3, 0.4) is 0 Å². The summed E-state index contributed by atoms with van der Waals surface area (Å²) < 4.78 is 0. The summed E-state index contributed by atoms with van der Waals surface area (Å²) in [5.74, 6) is 2.37. The first-order valence-electron chi connectivity index (χ1n) is 9.56. The van der Waals surface area contributed by atoms with Crippen LogP contribution in [0.4, 0.5) is 23.4 Å². The van der Waals surface area contributed by atoms with Crippen molar-refractivity contribution in [3.05, 3.63) is 59.5 Å². The molecule has 144 valence electrons. The van der Waals surface area contributed by atoms with Gasteiger partial charge in [-0.05, 0) is 44.0 Å². The standard InChI is InChI=1S/C21H25N7/c1-15-6-4-7-18(17(15)3)25-19-14-16(2)24-21(26-19)28-12-10-27(11-13-28)20-22-8-5-9-23-20/h4-9,14H,10-13H2,1-3H3,(H,24,25,26). The number of hydrogen-bond acceptors (Lipinski definition) is 7. The average molecular weight is 375 g/mol. The van der Waals surface area contributed by atoms with Crippen LogP contribution in [-0.4, -0.2) is 46.1 Å². The Labute approximate surface area is 165 Å². The summed E-state index contributed by atoms with van der Waals surface area (Å²) in [4.78, 5) is 22.5. The molecule has 7 nitrogen and oxygen atoms in total. The lowest BCUT2D eigenvalue weighted by molar-refractivity contribution is 0.627. The van der Waals surface area contributed by atoms with E-state index in [1.54, 1.807) is 12.4 Å². The first-order valence-corrected chi connectivity index (χ1v) is 9.56. The molecule has 0 unspecified atom stereocenters.